The van der Waals surface area contributed by atoms with Crippen LogP contribution in [-0.4, -0.2) is 39.6 Å². The van der Waals surface area contributed by atoms with Crippen LogP contribution in [0.2, 0.25) is 5.02 Å². The molecule has 1 N–H and O–H groups in total. The van der Waals surface area contributed by atoms with Crippen molar-refractivity contribution in [3.8, 4) is 17.0 Å². The van der Waals surface area contributed by atoms with Gasteiger partial charge in [-0.15, -0.1) is 0 Å². The van der Waals surface area contributed by atoms with E-state index < -0.39 is 30.0 Å². The first-order valence-electron chi connectivity index (χ1n) is 11.3. The molecule has 0 bridgehead atoms. The van der Waals surface area contributed by atoms with Crippen LogP contribution in [0.5, 0.6) is 5.75 Å². The number of carbonyl (C=O) groups is 2. The third kappa shape index (κ3) is 4.73. The van der Waals surface area contributed by atoms with Crippen molar-refractivity contribution in [2.24, 2.45) is 13.0 Å². The Labute approximate surface area is 205 Å². The fraction of sp³-hybridized carbons (Fsp3) is 0.320. The summed E-state index contributed by atoms with van der Waals surface area (Å²) in [7, 11) is 1.69. The Morgan fingerprint density at radius 3 is 2.69 bits per heavy atom. The van der Waals surface area contributed by atoms with Crippen molar-refractivity contribution in [1.29, 1.82) is 0 Å². The number of hydrogen-bond acceptors (Lipinski definition) is 4. The average Bonchev–Trinajstić information content (AvgIpc) is 3.60. The van der Waals surface area contributed by atoms with Crippen molar-refractivity contribution >= 4 is 23.4 Å². The molecule has 7 nitrogen and oxygen atoms in total. The summed E-state index contributed by atoms with van der Waals surface area (Å²) >= 11 is 6.17. The maximum Gasteiger partial charge on any atom is 0.275 e. The topological polar surface area (TPSA) is 76.5 Å². The number of ether oxygens (including phenoxy) is 1. The molecule has 182 valence electrons. The van der Waals surface area contributed by atoms with E-state index in [1.165, 1.54) is 6.07 Å². The Hall–Kier alpha value is -3.46. The lowest BCUT2D eigenvalue weighted by molar-refractivity contribution is -0.122. The van der Waals surface area contributed by atoms with E-state index in [0.29, 0.717) is 40.1 Å². The highest BCUT2D eigenvalue weighted by atomic mass is 35.5. The molecular formula is C25H23ClF2N4O3. The number of nitrogens with zero attached hydrogens (tertiary/aromatic N) is 3. The number of halogens is 3. The number of hydrogen-bond donors (Lipinski definition) is 1. The van der Waals surface area contributed by atoms with Gasteiger partial charge in [-0.05, 0) is 49.1 Å². The van der Waals surface area contributed by atoms with Crippen molar-refractivity contribution in [3.05, 3.63) is 69.9 Å². The smallest absolute Gasteiger partial charge is 0.275 e. The minimum atomic E-state index is -0.795. The normalized spacial score (nSPS) is 14.1. The standard InChI is InChI=1S/C25H23ClF2N4O3/c1-31-24-16-9-15(26)7-8-21(16)35-13-18(24)23(30-31)25(34)32(12-22(33)29-10-14-5-6-14)11-17-19(27)3-2-4-20(17)28/h2-4,7-9,14H,5-6,10-13H2,1H3,(H,29,33). The first-order chi connectivity index (χ1) is 16.8. The Morgan fingerprint density at radius 1 is 1.23 bits per heavy atom. The van der Waals surface area contributed by atoms with Crippen LogP contribution in [0.3, 0.4) is 0 Å². The molecule has 0 radical (unpaired) electrons. The Kier molecular flexibility index (Phi) is 6.19. The summed E-state index contributed by atoms with van der Waals surface area (Å²) in [5, 5.41) is 7.70. The maximum atomic E-state index is 14.4. The van der Waals surface area contributed by atoms with Gasteiger partial charge >= 0.3 is 0 Å². The maximum absolute atomic E-state index is 14.4. The van der Waals surface area contributed by atoms with E-state index in [4.69, 9.17) is 16.3 Å². The fourth-order valence-corrected chi connectivity index (χ4v) is 4.38. The number of amides is 2. The van der Waals surface area contributed by atoms with E-state index in [0.717, 1.165) is 29.9 Å². The molecule has 2 heterocycles. The van der Waals surface area contributed by atoms with Gasteiger partial charge in [-0.25, -0.2) is 8.78 Å². The van der Waals surface area contributed by atoms with E-state index in [1.54, 1.807) is 29.9 Å². The zero-order valence-corrected chi connectivity index (χ0v) is 19.7. The van der Waals surface area contributed by atoms with Gasteiger partial charge in [0, 0.05) is 35.3 Å². The lowest BCUT2D eigenvalue weighted by atomic mass is 10.0. The van der Waals surface area contributed by atoms with Crippen LogP contribution in [0, 0.1) is 17.6 Å². The van der Waals surface area contributed by atoms with Crippen molar-refractivity contribution in [1.82, 2.24) is 20.0 Å². The minimum absolute atomic E-state index is 0.0554. The Bertz CT molecular complexity index is 1300. The van der Waals surface area contributed by atoms with Gasteiger partial charge in [0.1, 0.15) is 30.5 Å². The van der Waals surface area contributed by atoms with Gasteiger partial charge in [0.25, 0.3) is 5.91 Å². The molecule has 0 unspecified atom stereocenters. The second-order valence-corrected chi connectivity index (χ2v) is 9.27. The van der Waals surface area contributed by atoms with E-state index in [2.05, 4.69) is 10.4 Å². The lowest BCUT2D eigenvalue weighted by Gasteiger charge is -2.23. The zero-order valence-electron chi connectivity index (χ0n) is 19.0. The summed E-state index contributed by atoms with van der Waals surface area (Å²) in [6, 6.07) is 8.66. The van der Waals surface area contributed by atoms with Crippen molar-refractivity contribution in [2.75, 3.05) is 13.1 Å². The highest BCUT2D eigenvalue weighted by Crippen LogP contribution is 2.40. The molecule has 2 amide bonds. The van der Waals surface area contributed by atoms with Gasteiger partial charge in [-0.1, -0.05) is 17.7 Å². The number of aryl methyl sites for hydroxylation is 1. The molecule has 5 rings (SSSR count). The number of rotatable bonds is 7. The van der Waals surface area contributed by atoms with Crippen molar-refractivity contribution < 1.29 is 23.1 Å². The number of aromatic nitrogens is 2. The minimum Gasteiger partial charge on any atom is -0.488 e. The first kappa shape index (κ1) is 23.3. The molecule has 1 fully saturated rings. The molecule has 3 aromatic rings. The molecule has 0 saturated heterocycles. The Morgan fingerprint density at radius 2 is 1.97 bits per heavy atom. The molecular weight excluding hydrogens is 478 g/mol. The second kappa shape index (κ2) is 9.30. The third-order valence-corrected chi connectivity index (χ3v) is 6.47. The molecule has 35 heavy (non-hydrogen) atoms. The zero-order chi connectivity index (χ0) is 24.7. The van der Waals surface area contributed by atoms with Crippen LogP contribution in [0.25, 0.3) is 11.3 Å². The van der Waals surface area contributed by atoms with Crippen LogP contribution in [0.1, 0.15) is 34.5 Å². The van der Waals surface area contributed by atoms with Gasteiger partial charge in [-0.2, -0.15) is 5.10 Å². The molecule has 2 aliphatic rings. The summed E-state index contributed by atoms with van der Waals surface area (Å²) in [5.41, 5.74) is 1.62. The summed E-state index contributed by atoms with van der Waals surface area (Å²) in [6.07, 6.45) is 2.10. The molecule has 1 aromatic heterocycles. The van der Waals surface area contributed by atoms with E-state index in [-0.39, 0.29) is 24.4 Å². The molecule has 2 aromatic carbocycles. The highest BCUT2D eigenvalue weighted by molar-refractivity contribution is 6.31. The summed E-state index contributed by atoms with van der Waals surface area (Å²) < 4.78 is 36.2. The van der Waals surface area contributed by atoms with Gasteiger partial charge in [0.2, 0.25) is 5.91 Å². The molecule has 0 atom stereocenters. The van der Waals surface area contributed by atoms with Crippen molar-refractivity contribution in [3.63, 3.8) is 0 Å². The van der Waals surface area contributed by atoms with E-state index >= 15 is 0 Å². The molecule has 1 aliphatic carbocycles. The van der Waals surface area contributed by atoms with Gasteiger partial charge in [-0.3, -0.25) is 14.3 Å². The lowest BCUT2D eigenvalue weighted by Crippen LogP contribution is -2.41. The molecule has 1 saturated carbocycles. The summed E-state index contributed by atoms with van der Waals surface area (Å²) in [5.74, 6) is -1.57. The van der Waals surface area contributed by atoms with E-state index in [1.807, 2.05) is 0 Å². The van der Waals surface area contributed by atoms with Gasteiger partial charge in [0.15, 0.2) is 5.69 Å². The largest absolute Gasteiger partial charge is 0.488 e. The number of fused-ring (bicyclic) bond motifs is 3. The van der Waals surface area contributed by atoms with Crippen LogP contribution in [0.15, 0.2) is 36.4 Å². The summed E-state index contributed by atoms with van der Waals surface area (Å²) in [4.78, 5) is 27.4. The predicted molar refractivity (Wildman–Crippen MR) is 125 cm³/mol. The number of nitrogens with one attached hydrogen (secondary N) is 1. The van der Waals surface area contributed by atoms with Crippen LogP contribution < -0.4 is 10.1 Å². The van der Waals surface area contributed by atoms with Gasteiger partial charge in [0.05, 0.1) is 12.2 Å². The molecule has 1 aliphatic heterocycles. The molecule has 0 spiro atoms. The van der Waals surface area contributed by atoms with Crippen LogP contribution in [0.4, 0.5) is 8.78 Å². The quantitative estimate of drug-likeness (QED) is 0.530. The molecule has 10 heteroatoms. The Balaban J connectivity index is 1.48. The van der Waals surface area contributed by atoms with Crippen LogP contribution >= 0.6 is 11.6 Å². The highest BCUT2D eigenvalue weighted by Gasteiger charge is 2.32. The average molecular weight is 501 g/mol. The SMILES string of the molecule is Cn1nc(C(=O)N(CC(=O)NCC2CC2)Cc2c(F)cccc2F)c2c1-c1cc(Cl)ccc1OC2. The first-order valence-corrected chi connectivity index (χ1v) is 11.7. The van der Waals surface area contributed by atoms with Crippen LogP contribution in [-0.2, 0) is 25.0 Å². The number of carbonyl (C=O) groups excluding carboxylic acids is 2. The van der Waals surface area contributed by atoms with E-state index in [9.17, 15) is 18.4 Å². The third-order valence-electron chi connectivity index (χ3n) is 6.23. The fourth-order valence-electron chi connectivity index (χ4n) is 4.21. The number of benzene rings is 2. The second-order valence-electron chi connectivity index (χ2n) is 8.84. The van der Waals surface area contributed by atoms with Gasteiger partial charge < -0.3 is 15.0 Å². The predicted octanol–water partition coefficient (Wildman–Crippen LogP) is 4.08. The monoisotopic (exact) mass is 500 g/mol. The summed E-state index contributed by atoms with van der Waals surface area (Å²) in [6.45, 7) is -0.204. The van der Waals surface area contributed by atoms with Crippen molar-refractivity contribution in [2.45, 2.75) is 26.0 Å².